The highest BCUT2D eigenvalue weighted by Crippen LogP contribution is 2.10. The second-order valence-corrected chi connectivity index (χ2v) is 6.40. The Labute approximate surface area is 162 Å². The first-order chi connectivity index (χ1) is 13.8. The van der Waals surface area contributed by atoms with Crippen LogP contribution in [0.5, 0.6) is 0 Å². The van der Waals surface area contributed by atoms with Crippen LogP contribution in [-0.2, 0) is 17.8 Å². The quantitative estimate of drug-likeness (QED) is 0.541. The number of nitrogens with one attached hydrogen (secondary N) is 1. The van der Waals surface area contributed by atoms with E-state index in [-0.39, 0.29) is 5.91 Å². The summed E-state index contributed by atoms with van der Waals surface area (Å²) < 4.78 is 3.65. The van der Waals surface area contributed by atoms with Gasteiger partial charge >= 0.3 is 0 Å². The topological polar surface area (TPSA) is 77.6 Å². The molecular formula is C21H20N6O. The highest BCUT2D eigenvalue weighted by Gasteiger charge is 2.06. The van der Waals surface area contributed by atoms with Crippen molar-refractivity contribution in [3.8, 4) is 11.5 Å². The van der Waals surface area contributed by atoms with Gasteiger partial charge < -0.3 is 5.32 Å². The lowest BCUT2D eigenvalue weighted by Crippen LogP contribution is -2.23. The van der Waals surface area contributed by atoms with Crippen LogP contribution in [0.3, 0.4) is 0 Å². The van der Waals surface area contributed by atoms with Crippen molar-refractivity contribution in [1.29, 1.82) is 0 Å². The number of nitrogens with zero attached hydrogens (tertiary/aromatic N) is 5. The van der Waals surface area contributed by atoms with Crippen molar-refractivity contribution in [2.45, 2.75) is 19.4 Å². The van der Waals surface area contributed by atoms with Crippen LogP contribution in [0.15, 0.2) is 79.8 Å². The lowest BCUT2D eigenvalue weighted by molar-refractivity contribution is -0.121. The Morgan fingerprint density at radius 3 is 2.79 bits per heavy atom. The van der Waals surface area contributed by atoms with Gasteiger partial charge in [0.05, 0.1) is 11.9 Å². The number of aromatic nitrogens is 5. The number of amides is 1. The van der Waals surface area contributed by atoms with Crippen LogP contribution in [0.1, 0.15) is 17.5 Å². The van der Waals surface area contributed by atoms with E-state index >= 15 is 0 Å². The van der Waals surface area contributed by atoms with Crippen molar-refractivity contribution in [2.75, 3.05) is 0 Å². The molecule has 140 valence electrons. The van der Waals surface area contributed by atoms with E-state index in [2.05, 4.69) is 20.4 Å². The zero-order valence-electron chi connectivity index (χ0n) is 15.3. The number of imidazole rings is 1. The first-order valence-corrected chi connectivity index (χ1v) is 9.07. The first-order valence-electron chi connectivity index (χ1n) is 9.07. The van der Waals surface area contributed by atoms with Crippen LogP contribution in [0.2, 0.25) is 0 Å². The molecule has 1 N–H and O–H groups in total. The smallest absolute Gasteiger partial charge is 0.220 e. The van der Waals surface area contributed by atoms with E-state index in [0.29, 0.717) is 19.4 Å². The number of benzene rings is 1. The number of carbonyl (C=O) groups is 1. The molecule has 0 saturated heterocycles. The van der Waals surface area contributed by atoms with E-state index in [1.54, 1.807) is 24.9 Å². The Morgan fingerprint density at radius 1 is 1.07 bits per heavy atom. The Hall–Kier alpha value is -3.74. The lowest BCUT2D eigenvalue weighted by atomic mass is 10.2. The summed E-state index contributed by atoms with van der Waals surface area (Å²) in [6, 6.07) is 13.7. The normalized spacial score (nSPS) is 10.7. The van der Waals surface area contributed by atoms with Gasteiger partial charge in [0, 0.05) is 37.8 Å². The van der Waals surface area contributed by atoms with Crippen molar-refractivity contribution >= 4 is 5.91 Å². The number of hydrogen-bond acceptors (Lipinski definition) is 4. The third-order valence-corrected chi connectivity index (χ3v) is 4.37. The summed E-state index contributed by atoms with van der Waals surface area (Å²) in [5.41, 5.74) is 3.03. The Bertz CT molecular complexity index is 1040. The van der Waals surface area contributed by atoms with Gasteiger partial charge in [-0.3, -0.25) is 9.36 Å². The Balaban J connectivity index is 1.29. The standard InChI is InChI=1S/C21H20N6O/c28-21(7-6-18-14-25-27(15-18)19-4-2-1-3-5-19)24-13-17-8-9-23-20(12-17)26-11-10-22-16-26/h1-5,8-12,14-16H,6-7,13H2,(H,24,28). The summed E-state index contributed by atoms with van der Waals surface area (Å²) in [6.45, 7) is 0.465. The molecule has 28 heavy (non-hydrogen) atoms. The second-order valence-electron chi connectivity index (χ2n) is 6.40. The number of para-hydroxylation sites is 1. The summed E-state index contributed by atoms with van der Waals surface area (Å²) >= 11 is 0. The molecule has 1 aromatic carbocycles. The number of aryl methyl sites for hydroxylation is 1. The van der Waals surface area contributed by atoms with Gasteiger partial charge in [-0.05, 0) is 41.8 Å². The van der Waals surface area contributed by atoms with Crippen molar-refractivity contribution in [3.05, 3.63) is 90.9 Å². The molecule has 7 nitrogen and oxygen atoms in total. The van der Waals surface area contributed by atoms with Crippen molar-refractivity contribution in [2.24, 2.45) is 0 Å². The predicted octanol–water partition coefficient (Wildman–Crippen LogP) is 2.70. The molecule has 0 aliphatic rings. The summed E-state index contributed by atoms with van der Waals surface area (Å²) in [6.07, 6.45) is 11.8. The van der Waals surface area contributed by atoms with Crippen LogP contribution in [0.4, 0.5) is 0 Å². The molecule has 0 radical (unpaired) electrons. The van der Waals surface area contributed by atoms with Gasteiger partial charge in [-0.25, -0.2) is 14.6 Å². The van der Waals surface area contributed by atoms with Crippen LogP contribution in [0, 0.1) is 0 Å². The molecule has 0 spiro atoms. The molecule has 1 amide bonds. The minimum Gasteiger partial charge on any atom is -0.352 e. The van der Waals surface area contributed by atoms with Crippen molar-refractivity contribution in [1.82, 2.24) is 29.6 Å². The summed E-state index contributed by atoms with van der Waals surface area (Å²) in [4.78, 5) is 20.5. The molecule has 0 fully saturated rings. The minimum atomic E-state index is 0.00783. The first kappa shape index (κ1) is 17.7. The molecule has 4 rings (SSSR count). The molecule has 7 heteroatoms. The maximum Gasteiger partial charge on any atom is 0.220 e. The largest absolute Gasteiger partial charge is 0.352 e. The van der Waals surface area contributed by atoms with Crippen LogP contribution in [-0.4, -0.2) is 30.2 Å². The fraction of sp³-hybridized carbons (Fsp3) is 0.143. The third-order valence-electron chi connectivity index (χ3n) is 4.37. The molecule has 0 saturated carbocycles. The molecule has 0 aliphatic carbocycles. The monoisotopic (exact) mass is 372 g/mol. The van der Waals surface area contributed by atoms with E-state index in [1.165, 1.54) is 0 Å². The Morgan fingerprint density at radius 2 is 1.96 bits per heavy atom. The summed E-state index contributed by atoms with van der Waals surface area (Å²) in [7, 11) is 0. The van der Waals surface area contributed by atoms with Crippen LogP contribution >= 0.6 is 0 Å². The Kier molecular flexibility index (Phi) is 5.24. The van der Waals surface area contributed by atoms with E-state index < -0.39 is 0 Å². The number of rotatable bonds is 7. The molecule has 0 bridgehead atoms. The van der Waals surface area contributed by atoms with Gasteiger partial charge in [0.25, 0.3) is 0 Å². The molecule has 3 heterocycles. The average molecular weight is 372 g/mol. The minimum absolute atomic E-state index is 0.00783. The fourth-order valence-corrected chi connectivity index (χ4v) is 2.86. The molecule has 3 aromatic heterocycles. The van der Waals surface area contributed by atoms with E-state index in [1.807, 2.05) is 64.1 Å². The number of pyridine rings is 1. The van der Waals surface area contributed by atoms with E-state index in [4.69, 9.17) is 0 Å². The maximum absolute atomic E-state index is 12.2. The number of hydrogen-bond donors (Lipinski definition) is 1. The highest BCUT2D eigenvalue weighted by atomic mass is 16.1. The number of carbonyl (C=O) groups excluding carboxylic acids is 1. The van der Waals surface area contributed by atoms with Crippen LogP contribution in [0.25, 0.3) is 11.5 Å². The zero-order valence-corrected chi connectivity index (χ0v) is 15.3. The summed E-state index contributed by atoms with van der Waals surface area (Å²) in [5.74, 6) is 0.783. The molecule has 4 aromatic rings. The van der Waals surface area contributed by atoms with Crippen LogP contribution < -0.4 is 5.32 Å². The predicted molar refractivity (Wildman–Crippen MR) is 105 cm³/mol. The van der Waals surface area contributed by atoms with Gasteiger partial charge in [-0.15, -0.1) is 0 Å². The van der Waals surface area contributed by atoms with Crippen molar-refractivity contribution in [3.63, 3.8) is 0 Å². The second kappa shape index (κ2) is 8.30. The fourth-order valence-electron chi connectivity index (χ4n) is 2.86. The van der Waals surface area contributed by atoms with Gasteiger partial charge in [-0.2, -0.15) is 5.10 Å². The van der Waals surface area contributed by atoms with Gasteiger partial charge in [0.15, 0.2) is 0 Å². The SMILES string of the molecule is O=C(CCc1cnn(-c2ccccc2)c1)NCc1ccnc(-n2ccnc2)c1. The average Bonchev–Trinajstić information content (AvgIpc) is 3.44. The van der Waals surface area contributed by atoms with Gasteiger partial charge in [0.1, 0.15) is 12.1 Å². The third kappa shape index (κ3) is 4.32. The molecule has 0 unspecified atom stereocenters. The van der Waals surface area contributed by atoms with E-state index in [0.717, 1.165) is 22.6 Å². The maximum atomic E-state index is 12.2. The van der Waals surface area contributed by atoms with Gasteiger partial charge in [0.2, 0.25) is 5.91 Å². The van der Waals surface area contributed by atoms with E-state index in [9.17, 15) is 4.79 Å². The summed E-state index contributed by atoms with van der Waals surface area (Å²) in [5, 5.41) is 7.32. The van der Waals surface area contributed by atoms with Gasteiger partial charge in [-0.1, -0.05) is 18.2 Å². The molecule has 0 aliphatic heterocycles. The molecule has 0 atom stereocenters. The lowest BCUT2D eigenvalue weighted by Gasteiger charge is -2.07. The highest BCUT2D eigenvalue weighted by molar-refractivity contribution is 5.76. The van der Waals surface area contributed by atoms with Crippen molar-refractivity contribution < 1.29 is 4.79 Å². The molecular weight excluding hydrogens is 352 g/mol. The zero-order chi connectivity index (χ0) is 19.2.